The number of rotatable bonds is 1. The van der Waals surface area contributed by atoms with Gasteiger partial charge in [0, 0.05) is 31.3 Å². The second-order valence-electron chi connectivity index (χ2n) is 3.64. The summed E-state index contributed by atoms with van der Waals surface area (Å²) in [6, 6.07) is 5.88. The molecule has 15 heavy (non-hydrogen) atoms. The van der Waals surface area contributed by atoms with Crippen molar-refractivity contribution in [2.24, 2.45) is 0 Å². The van der Waals surface area contributed by atoms with E-state index in [1.165, 1.54) is 11.3 Å². The van der Waals surface area contributed by atoms with Crippen molar-refractivity contribution in [3.63, 3.8) is 0 Å². The van der Waals surface area contributed by atoms with Crippen molar-refractivity contribution < 1.29 is 0 Å². The van der Waals surface area contributed by atoms with E-state index in [1.54, 1.807) is 6.20 Å². The molecule has 3 rings (SSSR count). The van der Waals surface area contributed by atoms with E-state index in [2.05, 4.69) is 15.4 Å². The summed E-state index contributed by atoms with van der Waals surface area (Å²) in [6.45, 7) is 1.94. The van der Waals surface area contributed by atoms with E-state index in [0.717, 1.165) is 25.3 Å². The molecule has 0 fully saturated rings. The van der Waals surface area contributed by atoms with Crippen LogP contribution >= 0.6 is 0 Å². The number of nitrogens with one attached hydrogen (secondary N) is 1. The van der Waals surface area contributed by atoms with Crippen molar-refractivity contribution in [3.05, 3.63) is 41.9 Å². The summed E-state index contributed by atoms with van der Waals surface area (Å²) in [6.07, 6.45) is 4.74. The minimum atomic E-state index is 0.903. The van der Waals surface area contributed by atoms with Gasteiger partial charge in [0.1, 0.15) is 0 Å². The van der Waals surface area contributed by atoms with Gasteiger partial charge in [-0.05, 0) is 12.1 Å². The second kappa shape index (κ2) is 3.47. The Bertz CT molecular complexity index is 461. The zero-order valence-corrected chi connectivity index (χ0v) is 8.35. The molecule has 2 aromatic heterocycles. The molecular weight excluding hydrogens is 188 g/mol. The standard InChI is InChI=1S/C11H12N4/c1-2-5-13-11(3-1)15-10-4-6-12-7-9(10)8-14-15/h1-3,5,8,12H,4,6-7H2. The van der Waals surface area contributed by atoms with Gasteiger partial charge in [0.15, 0.2) is 5.82 Å². The molecule has 0 unspecified atom stereocenters. The molecular formula is C11H12N4. The maximum Gasteiger partial charge on any atom is 0.153 e. The minimum absolute atomic E-state index is 0.903. The lowest BCUT2D eigenvalue weighted by molar-refractivity contribution is 0.620. The van der Waals surface area contributed by atoms with Crippen LogP contribution in [0.3, 0.4) is 0 Å². The SMILES string of the molecule is c1ccc(-n2ncc3c2CCNC3)nc1. The molecule has 0 spiro atoms. The van der Waals surface area contributed by atoms with Crippen molar-refractivity contribution in [2.45, 2.75) is 13.0 Å². The lowest BCUT2D eigenvalue weighted by Crippen LogP contribution is -2.24. The van der Waals surface area contributed by atoms with E-state index in [0.29, 0.717) is 0 Å². The first-order valence-electron chi connectivity index (χ1n) is 5.13. The maximum absolute atomic E-state index is 4.38. The second-order valence-corrected chi connectivity index (χ2v) is 3.64. The van der Waals surface area contributed by atoms with Crippen LogP contribution in [-0.2, 0) is 13.0 Å². The largest absolute Gasteiger partial charge is 0.312 e. The quantitative estimate of drug-likeness (QED) is 0.744. The molecule has 3 heterocycles. The van der Waals surface area contributed by atoms with Crippen molar-refractivity contribution in [1.29, 1.82) is 0 Å². The number of hydrogen-bond donors (Lipinski definition) is 1. The third-order valence-electron chi connectivity index (χ3n) is 2.68. The molecule has 0 bridgehead atoms. The number of nitrogens with zero attached hydrogens (tertiary/aromatic N) is 3. The van der Waals surface area contributed by atoms with E-state index in [9.17, 15) is 0 Å². The van der Waals surface area contributed by atoms with Crippen LogP contribution in [0.4, 0.5) is 0 Å². The maximum atomic E-state index is 4.38. The third-order valence-corrected chi connectivity index (χ3v) is 2.68. The summed E-state index contributed by atoms with van der Waals surface area (Å²) in [5.74, 6) is 0.903. The summed E-state index contributed by atoms with van der Waals surface area (Å²) in [4.78, 5) is 4.31. The highest BCUT2D eigenvalue weighted by Crippen LogP contribution is 2.16. The Hall–Kier alpha value is -1.68. The molecule has 0 saturated heterocycles. The normalized spacial score (nSPS) is 14.9. The summed E-state index contributed by atoms with van der Waals surface area (Å²) >= 11 is 0. The van der Waals surface area contributed by atoms with Gasteiger partial charge in [0.2, 0.25) is 0 Å². The van der Waals surface area contributed by atoms with Gasteiger partial charge in [0.05, 0.1) is 11.9 Å². The van der Waals surface area contributed by atoms with Crippen LogP contribution in [0, 0.1) is 0 Å². The van der Waals surface area contributed by atoms with E-state index in [1.807, 2.05) is 29.1 Å². The van der Waals surface area contributed by atoms with Gasteiger partial charge in [-0.1, -0.05) is 6.07 Å². The molecule has 0 atom stereocenters. The molecule has 4 heteroatoms. The zero-order chi connectivity index (χ0) is 10.1. The van der Waals surface area contributed by atoms with Crippen LogP contribution in [-0.4, -0.2) is 21.3 Å². The zero-order valence-electron chi connectivity index (χ0n) is 8.35. The number of fused-ring (bicyclic) bond motifs is 1. The highest BCUT2D eigenvalue weighted by Gasteiger charge is 2.15. The van der Waals surface area contributed by atoms with E-state index in [-0.39, 0.29) is 0 Å². The summed E-state index contributed by atoms with van der Waals surface area (Å²) in [7, 11) is 0. The predicted octanol–water partition coefficient (Wildman–Crippen LogP) is 0.913. The Balaban J connectivity index is 2.09. The number of hydrogen-bond acceptors (Lipinski definition) is 3. The summed E-state index contributed by atoms with van der Waals surface area (Å²) in [5.41, 5.74) is 2.57. The van der Waals surface area contributed by atoms with Gasteiger partial charge in [-0.25, -0.2) is 9.67 Å². The number of aromatic nitrogens is 3. The Labute approximate surface area is 88.0 Å². The Morgan fingerprint density at radius 1 is 1.33 bits per heavy atom. The lowest BCUT2D eigenvalue weighted by Gasteiger charge is -2.14. The first kappa shape index (κ1) is 8.61. The van der Waals surface area contributed by atoms with Gasteiger partial charge < -0.3 is 5.32 Å². The average molecular weight is 200 g/mol. The smallest absolute Gasteiger partial charge is 0.153 e. The highest BCUT2D eigenvalue weighted by atomic mass is 15.3. The Morgan fingerprint density at radius 3 is 3.20 bits per heavy atom. The minimum Gasteiger partial charge on any atom is -0.312 e. The molecule has 1 N–H and O–H groups in total. The number of pyridine rings is 1. The fourth-order valence-electron chi connectivity index (χ4n) is 1.93. The van der Waals surface area contributed by atoms with Gasteiger partial charge in [-0.3, -0.25) is 0 Å². The molecule has 0 radical (unpaired) electrons. The van der Waals surface area contributed by atoms with E-state index < -0.39 is 0 Å². The predicted molar refractivity (Wildman–Crippen MR) is 56.8 cm³/mol. The van der Waals surface area contributed by atoms with Gasteiger partial charge in [0.25, 0.3) is 0 Å². The van der Waals surface area contributed by atoms with Gasteiger partial charge in [-0.2, -0.15) is 5.10 Å². The summed E-state index contributed by atoms with van der Waals surface area (Å²) in [5, 5.41) is 7.71. The van der Waals surface area contributed by atoms with Crippen LogP contribution in [0.25, 0.3) is 5.82 Å². The van der Waals surface area contributed by atoms with Crippen LogP contribution < -0.4 is 5.32 Å². The molecule has 0 aromatic carbocycles. The van der Waals surface area contributed by atoms with Crippen molar-refractivity contribution in [3.8, 4) is 5.82 Å². The summed E-state index contributed by atoms with van der Waals surface area (Å²) < 4.78 is 1.94. The third kappa shape index (κ3) is 1.43. The van der Waals surface area contributed by atoms with Crippen LogP contribution in [0.5, 0.6) is 0 Å². The first-order valence-corrected chi connectivity index (χ1v) is 5.13. The van der Waals surface area contributed by atoms with Crippen molar-refractivity contribution in [2.75, 3.05) is 6.54 Å². The topological polar surface area (TPSA) is 42.7 Å². The fraction of sp³-hybridized carbons (Fsp3) is 0.273. The molecule has 0 amide bonds. The molecule has 1 aliphatic heterocycles. The highest BCUT2D eigenvalue weighted by molar-refractivity contribution is 5.30. The van der Waals surface area contributed by atoms with Gasteiger partial charge >= 0.3 is 0 Å². The Kier molecular flexibility index (Phi) is 1.99. The average Bonchev–Trinajstić information content (AvgIpc) is 2.74. The van der Waals surface area contributed by atoms with Crippen LogP contribution in [0.1, 0.15) is 11.3 Å². The van der Waals surface area contributed by atoms with Crippen LogP contribution in [0.2, 0.25) is 0 Å². The molecule has 2 aromatic rings. The van der Waals surface area contributed by atoms with Gasteiger partial charge in [-0.15, -0.1) is 0 Å². The van der Waals surface area contributed by atoms with Crippen molar-refractivity contribution in [1.82, 2.24) is 20.1 Å². The molecule has 4 nitrogen and oxygen atoms in total. The molecule has 76 valence electrons. The molecule has 0 aliphatic carbocycles. The fourth-order valence-corrected chi connectivity index (χ4v) is 1.93. The molecule has 0 saturated carbocycles. The first-order chi connectivity index (χ1) is 7.45. The van der Waals surface area contributed by atoms with Crippen molar-refractivity contribution >= 4 is 0 Å². The Morgan fingerprint density at radius 2 is 2.33 bits per heavy atom. The lowest BCUT2D eigenvalue weighted by atomic mass is 10.1. The van der Waals surface area contributed by atoms with E-state index in [4.69, 9.17) is 0 Å². The molecule has 1 aliphatic rings. The monoisotopic (exact) mass is 200 g/mol. The van der Waals surface area contributed by atoms with Crippen LogP contribution in [0.15, 0.2) is 30.6 Å². The van der Waals surface area contributed by atoms with E-state index >= 15 is 0 Å².